The highest BCUT2D eigenvalue weighted by molar-refractivity contribution is 7.26. The molecule has 0 radical (unpaired) electrons. The Balaban J connectivity index is 0.000000134. The van der Waals surface area contributed by atoms with Crippen LogP contribution >= 0.6 is 22.7 Å². The van der Waals surface area contributed by atoms with E-state index in [0.29, 0.717) is 0 Å². The maximum absolute atomic E-state index is 2.52. The first-order valence-corrected chi connectivity index (χ1v) is 42.7. The molecule has 6 heteroatoms. The third-order valence-corrected chi connectivity index (χ3v) is 28.0. The molecule has 3 aliphatic rings. The van der Waals surface area contributed by atoms with E-state index in [0.717, 1.165) is 45.5 Å². The maximum atomic E-state index is 2.52. The minimum atomic E-state index is -0.0790. The summed E-state index contributed by atoms with van der Waals surface area (Å²) < 4.78 is 10.3. The van der Waals surface area contributed by atoms with Crippen molar-refractivity contribution in [3.8, 4) is 89.3 Å². The lowest BCUT2D eigenvalue weighted by Gasteiger charge is -2.28. The predicted molar refractivity (Wildman–Crippen MR) is 509 cm³/mol. The average molecular weight is 1550 g/mol. The Bertz CT molecular complexity index is 8110. The molecule has 119 heavy (non-hydrogen) atoms. The Labute approximate surface area is 696 Å². The lowest BCUT2D eigenvalue weighted by atomic mass is 9.82. The molecule has 0 aliphatic heterocycles. The Kier molecular flexibility index (Phi) is 14.9. The fraction of sp³-hybridized carbons (Fsp3) is 0.0265. The normalized spacial score (nSPS) is 12.7. The number of aromatic nitrogens is 2. The summed E-state index contributed by atoms with van der Waals surface area (Å²) in [5.74, 6) is 0. The zero-order chi connectivity index (χ0) is 78.3. The maximum Gasteiger partial charge on any atom is 0.0562 e. The Morgan fingerprint density at radius 3 is 1.03 bits per heavy atom. The van der Waals surface area contributed by atoms with Gasteiger partial charge in [0.1, 0.15) is 0 Å². The number of fused-ring (bicyclic) bond motifs is 17. The molecule has 4 aromatic heterocycles. The zero-order valence-electron chi connectivity index (χ0n) is 65.2. The van der Waals surface area contributed by atoms with Crippen LogP contribution in [0, 0.1) is 0 Å². The summed E-state index contributed by atoms with van der Waals surface area (Å²) >= 11 is 3.80. The number of hydrogen-bond donors (Lipinski definition) is 0. The summed E-state index contributed by atoms with van der Waals surface area (Å²) in [6.07, 6.45) is 0. The van der Waals surface area contributed by atoms with Crippen LogP contribution in [0.2, 0.25) is 0 Å². The van der Waals surface area contributed by atoms with Gasteiger partial charge in [-0.25, -0.2) is 0 Å². The van der Waals surface area contributed by atoms with Crippen molar-refractivity contribution in [2.45, 2.75) is 19.3 Å². The topological polar surface area (TPSA) is 16.3 Å². The summed E-state index contributed by atoms with van der Waals surface area (Å²) in [5, 5.41) is 16.0. The van der Waals surface area contributed by atoms with Gasteiger partial charge in [0.25, 0.3) is 0 Å². The average Bonchev–Trinajstić information content (AvgIpc) is 1.53. The molecule has 4 nitrogen and oxygen atoms in total. The first kappa shape index (κ1) is 67.6. The van der Waals surface area contributed by atoms with Gasteiger partial charge in [-0.1, -0.05) is 281 Å². The highest BCUT2D eigenvalue weighted by Gasteiger charge is 2.37. The van der Waals surface area contributed by atoms with Crippen molar-refractivity contribution < 1.29 is 0 Å². The molecule has 0 atom stereocenters. The number of rotatable bonds is 10. The molecule has 0 bridgehead atoms. The zero-order valence-corrected chi connectivity index (χ0v) is 66.8. The molecule has 3 aliphatic carbocycles. The van der Waals surface area contributed by atoms with Crippen LogP contribution in [-0.2, 0) is 5.41 Å². The second-order valence-electron chi connectivity index (χ2n) is 32.5. The van der Waals surface area contributed by atoms with E-state index in [2.05, 4.69) is 433 Å². The SMILES string of the molecule is CC1(C)c2ccccc2-c2ccc(N(c3ccccc3)c3ccc(-c4ccc(-n5c6cc7sc8ccccc8c7c7c6c6c8c(cccc8ccc65)-c5ccccc5-7)cc4)cc3)cc21.c1ccc(N(c2ccccc2)c2ccc(-c3ccc(-n4c5cc6sc7ccccc7c6c6c5c5c7c(cccc7ccc54)-c4ccccc4-6)cc3)cc2)cc1. The predicted octanol–water partition coefficient (Wildman–Crippen LogP) is 32.5. The minimum Gasteiger partial charge on any atom is -0.311 e. The first-order chi connectivity index (χ1) is 58.8. The van der Waals surface area contributed by atoms with Crippen molar-refractivity contribution in [3.05, 3.63) is 412 Å². The van der Waals surface area contributed by atoms with E-state index in [1.165, 1.54) is 195 Å². The van der Waals surface area contributed by atoms with Gasteiger partial charge in [-0.05, 0) is 233 Å². The lowest BCUT2D eigenvalue weighted by molar-refractivity contribution is 0.660. The summed E-state index contributed by atoms with van der Waals surface area (Å²) in [6, 6.07) is 148. The van der Waals surface area contributed by atoms with Gasteiger partial charge in [0.2, 0.25) is 0 Å². The van der Waals surface area contributed by atoms with Crippen molar-refractivity contribution in [3.63, 3.8) is 0 Å². The van der Waals surface area contributed by atoms with E-state index in [4.69, 9.17) is 0 Å². The van der Waals surface area contributed by atoms with Crippen LogP contribution in [0.25, 0.3) is 195 Å². The highest BCUT2D eigenvalue weighted by atomic mass is 32.1. The van der Waals surface area contributed by atoms with Gasteiger partial charge in [-0.3, -0.25) is 0 Å². The highest BCUT2D eigenvalue weighted by Crippen LogP contribution is 2.58. The van der Waals surface area contributed by atoms with E-state index in [1.807, 2.05) is 22.7 Å². The molecule has 26 rings (SSSR count). The quantitative estimate of drug-likeness (QED) is 0.136. The van der Waals surface area contributed by atoms with Gasteiger partial charge in [-0.15, -0.1) is 22.7 Å². The number of para-hydroxylation sites is 3. The summed E-state index contributed by atoms with van der Waals surface area (Å²) in [6.45, 7) is 4.71. The Morgan fingerprint density at radius 2 is 0.571 bits per heavy atom. The third-order valence-electron chi connectivity index (χ3n) is 25.8. The van der Waals surface area contributed by atoms with Crippen molar-refractivity contribution in [1.29, 1.82) is 0 Å². The monoisotopic (exact) mass is 1550 g/mol. The van der Waals surface area contributed by atoms with Gasteiger partial charge in [0.05, 0.1) is 22.1 Å². The van der Waals surface area contributed by atoms with Gasteiger partial charge >= 0.3 is 0 Å². The molecular formula is C113H72N4S2. The van der Waals surface area contributed by atoms with Crippen LogP contribution in [-0.4, -0.2) is 9.13 Å². The fourth-order valence-corrected chi connectivity index (χ4v) is 22.9. The molecule has 23 aromatic rings. The van der Waals surface area contributed by atoms with Crippen LogP contribution in [0.4, 0.5) is 34.1 Å². The fourth-order valence-electron chi connectivity index (χ4n) is 20.6. The van der Waals surface area contributed by atoms with Gasteiger partial charge in [-0.2, -0.15) is 0 Å². The summed E-state index contributed by atoms with van der Waals surface area (Å²) in [7, 11) is 0. The molecule has 0 amide bonds. The van der Waals surface area contributed by atoms with Gasteiger partial charge in [0, 0.05) is 124 Å². The van der Waals surface area contributed by atoms with E-state index in [9.17, 15) is 0 Å². The molecule has 0 unspecified atom stereocenters. The van der Waals surface area contributed by atoms with Crippen molar-refractivity contribution in [1.82, 2.24) is 9.13 Å². The van der Waals surface area contributed by atoms with Crippen LogP contribution in [0.15, 0.2) is 400 Å². The van der Waals surface area contributed by atoms with E-state index >= 15 is 0 Å². The molecule has 0 spiro atoms. The smallest absolute Gasteiger partial charge is 0.0562 e. The molecule has 19 aromatic carbocycles. The largest absolute Gasteiger partial charge is 0.311 e. The van der Waals surface area contributed by atoms with E-state index in [1.54, 1.807) is 0 Å². The van der Waals surface area contributed by atoms with Gasteiger partial charge in [0.15, 0.2) is 0 Å². The molecular weight excluding hydrogens is 1480 g/mol. The molecule has 0 N–H and O–H groups in total. The Morgan fingerprint density at radius 1 is 0.218 bits per heavy atom. The molecule has 0 saturated carbocycles. The number of nitrogens with zero attached hydrogens (tertiary/aromatic N) is 4. The molecule has 556 valence electrons. The van der Waals surface area contributed by atoms with Crippen molar-refractivity contribution in [2.24, 2.45) is 0 Å². The van der Waals surface area contributed by atoms with Crippen LogP contribution in [0.3, 0.4) is 0 Å². The van der Waals surface area contributed by atoms with Gasteiger partial charge < -0.3 is 18.9 Å². The second-order valence-corrected chi connectivity index (χ2v) is 34.7. The molecule has 0 fully saturated rings. The van der Waals surface area contributed by atoms with E-state index in [-0.39, 0.29) is 5.41 Å². The molecule has 4 heterocycles. The lowest BCUT2D eigenvalue weighted by Crippen LogP contribution is -2.16. The summed E-state index contributed by atoms with van der Waals surface area (Å²) in [5.41, 5.74) is 34.8. The van der Waals surface area contributed by atoms with E-state index < -0.39 is 0 Å². The van der Waals surface area contributed by atoms with Crippen LogP contribution < -0.4 is 9.80 Å². The minimum absolute atomic E-state index is 0.0790. The Hall–Kier alpha value is -14.7. The third kappa shape index (κ3) is 10.2. The second kappa shape index (κ2) is 26.2. The number of anilines is 6. The van der Waals surface area contributed by atoms with Crippen LogP contribution in [0.5, 0.6) is 0 Å². The first-order valence-electron chi connectivity index (χ1n) is 41.1. The van der Waals surface area contributed by atoms with Crippen molar-refractivity contribution >= 4 is 162 Å². The van der Waals surface area contributed by atoms with Crippen LogP contribution in [0.1, 0.15) is 25.0 Å². The number of hydrogen-bond acceptors (Lipinski definition) is 4. The summed E-state index contributed by atoms with van der Waals surface area (Å²) in [4.78, 5) is 4.69. The number of thiophene rings is 2. The van der Waals surface area contributed by atoms with Crippen molar-refractivity contribution in [2.75, 3.05) is 9.80 Å². The standard InChI is InChI=1S/C61H40N2S.C52H32N2S/c1-61(2)50-21-10-8-17-45(50)46-33-32-43(35-51(46)61)62(40-14-4-3-5-15-40)41-28-23-37(24-29-41)38-25-30-42(31-26-38)63-52-34-27-39-13-12-20-47-44-16-6-7-18-48(44)58-57-49-19-9-11-22-54(49)64-55(57)36-53(63)60(58)59(52)56(39)47;1-3-13-36(14-4-1)53(37-15-5-2-6-16-37)38-27-22-33(23-28-38)34-24-29-39(30-25-34)54-44-31-26-35-12-11-20-41-40-17-7-8-18-42(40)50-49-43-19-9-10-21-46(43)55-47(49)32-45(54)52(50)51(44)48(35)41/h3-36H,1-2H3;1-32H. The number of benzene rings is 19. The molecule has 0 saturated heterocycles.